The van der Waals surface area contributed by atoms with Gasteiger partial charge in [0.1, 0.15) is 23.3 Å². The zero-order valence-electron chi connectivity index (χ0n) is 48.2. The number of benzene rings is 10. The number of hydrogen-bond acceptors (Lipinski definition) is 5. The minimum atomic E-state index is -0.744. The Balaban J connectivity index is 0.967. The van der Waals surface area contributed by atoms with Crippen molar-refractivity contribution in [3.05, 3.63) is 315 Å². The second-order valence-corrected chi connectivity index (χ2v) is 22.4. The molecule has 0 aliphatic heterocycles. The van der Waals surface area contributed by atoms with E-state index in [4.69, 9.17) is 19.9 Å². The lowest BCUT2D eigenvalue weighted by molar-refractivity contribution is 0.589. The quantitative estimate of drug-likeness (QED) is 0.129. The molecule has 16 aromatic rings. The highest BCUT2D eigenvalue weighted by Crippen LogP contribution is 2.44. The summed E-state index contributed by atoms with van der Waals surface area (Å²) in [4.78, 5) is 19.7. The Hall–Kier alpha value is -12.3. The van der Waals surface area contributed by atoms with Crippen molar-refractivity contribution in [3.63, 3.8) is 0 Å². The highest BCUT2D eigenvalue weighted by atomic mass is 19.1. The Morgan fingerprint density at radius 3 is 0.800 bits per heavy atom. The maximum atomic E-state index is 16.8. The van der Waals surface area contributed by atoms with Crippen LogP contribution in [0.5, 0.6) is 0 Å². The van der Waals surface area contributed by atoms with Crippen molar-refractivity contribution >= 4 is 43.6 Å². The Labute approximate surface area is 517 Å². The molecule has 10 aromatic carbocycles. The van der Waals surface area contributed by atoms with Gasteiger partial charge in [0.15, 0.2) is 0 Å². The van der Waals surface area contributed by atoms with E-state index in [0.717, 1.165) is 133 Å². The average Bonchev–Trinajstić information content (AvgIpc) is 1.56. The summed E-state index contributed by atoms with van der Waals surface area (Å²) < 4.78 is 37.9. The zero-order valence-corrected chi connectivity index (χ0v) is 48.2. The molecule has 16 rings (SSSR count). The van der Waals surface area contributed by atoms with Crippen molar-refractivity contribution in [3.8, 4) is 118 Å². The molecule has 0 N–H and O–H groups in total. The van der Waals surface area contributed by atoms with E-state index in [1.165, 1.54) is 18.2 Å². The third-order valence-corrected chi connectivity index (χ3v) is 17.1. The van der Waals surface area contributed by atoms with Crippen LogP contribution in [-0.4, -0.2) is 29.1 Å². The third-order valence-electron chi connectivity index (χ3n) is 17.1. The average molecular weight is 1160 g/mol. The first kappa shape index (κ1) is 53.2. The first-order valence-corrected chi connectivity index (χ1v) is 29.7. The summed E-state index contributed by atoms with van der Waals surface area (Å²) in [6, 6.07) is 92.1. The van der Waals surface area contributed by atoms with Gasteiger partial charge >= 0.3 is 0 Å². The van der Waals surface area contributed by atoms with Gasteiger partial charge in [-0.05, 0) is 101 Å². The van der Waals surface area contributed by atoms with Crippen molar-refractivity contribution in [2.75, 3.05) is 0 Å². The maximum Gasteiger partial charge on any atom is 0.133 e. The Bertz CT molecular complexity index is 4840. The van der Waals surface area contributed by atoms with Gasteiger partial charge in [-0.2, -0.15) is 5.26 Å². The van der Waals surface area contributed by atoms with Crippen LogP contribution in [-0.2, 0) is 0 Å². The summed E-state index contributed by atoms with van der Waals surface area (Å²) >= 11 is 0. The molecular weight excluding hydrogens is 1110 g/mol. The summed E-state index contributed by atoms with van der Waals surface area (Å²) in [7, 11) is 0. The summed E-state index contributed by atoms with van der Waals surface area (Å²) in [5.74, 6) is -1.49. The van der Waals surface area contributed by atoms with Crippen molar-refractivity contribution in [1.29, 1.82) is 5.26 Å². The normalized spacial score (nSPS) is 11.4. The van der Waals surface area contributed by atoms with Crippen LogP contribution < -0.4 is 0 Å². The van der Waals surface area contributed by atoms with Gasteiger partial charge in [0.05, 0.1) is 61.8 Å². The van der Waals surface area contributed by atoms with E-state index in [9.17, 15) is 5.26 Å². The van der Waals surface area contributed by atoms with Crippen molar-refractivity contribution in [2.45, 2.75) is 0 Å². The number of fused-ring (bicyclic) bond motifs is 6. The monoisotopic (exact) mass is 1160 g/mol. The number of hydrogen-bond donors (Lipinski definition) is 0. The molecule has 7 nitrogen and oxygen atoms in total. The van der Waals surface area contributed by atoms with E-state index >= 15 is 8.78 Å². The molecule has 0 saturated carbocycles. The fraction of sp³-hybridized carbons (Fsp3) is 0. The highest BCUT2D eigenvalue weighted by Gasteiger charge is 2.26. The molecule has 0 saturated heterocycles. The molecule has 0 aliphatic rings. The molecule has 0 aliphatic carbocycles. The summed E-state index contributed by atoms with van der Waals surface area (Å²) in [5, 5.41) is 15.8. The lowest BCUT2D eigenvalue weighted by atomic mass is 9.98. The minimum absolute atomic E-state index is 0.225. The fourth-order valence-electron chi connectivity index (χ4n) is 12.6. The molecule has 90 heavy (non-hydrogen) atoms. The molecule has 9 heteroatoms. The molecule has 0 atom stereocenters. The zero-order chi connectivity index (χ0) is 60.2. The van der Waals surface area contributed by atoms with E-state index < -0.39 is 11.6 Å². The third kappa shape index (κ3) is 9.44. The minimum Gasteiger partial charge on any atom is -0.308 e. The number of rotatable bonds is 11. The van der Waals surface area contributed by atoms with E-state index in [2.05, 4.69) is 112 Å². The number of nitriles is 1. The largest absolute Gasteiger partial charge is 0.308 e. The predicted octanol–water partition coefficient (Wildman–Crippen LogP) is 20.6. The molecule has 0 fully saturated rings. The smallest absolute Gasteiger partial charge is 0.133 e. The number of aromatic nitrogens is 6. The molecule has 0 amide bonds. The van der Waals surface area contributed by atoms with Gasteiger partial charge in [-0.15, -0.1) is 0 Å². The van der Waals surface area contributed by atoms with Crippen LogP contribution in [0.25, 0.3) is 156 Å². The number of nitrogens with zero attached hydrogens (tertiary/aromatic N) is 7. The topological polar surface area (TPSA) is 85.2 Å². The van der Waals surface area contributed by atoms with E-state index in [1.54, 1.807) is 12.1 Å². The van der Waals surface area contributed by atoms with Crippen molar-refractivity contribution in [2.24, 2.45) is 0 Å². The van der Waals surface area contributed by atoms with Gasteiger partial charge in [-0.1, -0.05) is 200 Å². The second kappa shape index (κ2) is 22.2. The van der Waals surface area contributed by atoms with Crippen LogP contribution in [0, 0.1) is 23.0 Å². The van der Waals surface area contributed by atoms with Gasteiger partial charge in [0, 0.05) is 90.8 Å². The Kier molecular flexibility index (Phi) is 13.2. The SMILES string of the molecule is N#Cc1c(-n2c3cc(-c4ccc(-c5ccccc5)nc4)ccc3c3ccc(-c4ccc(-c5ccccc5)nc4)cc32)cc(-c2c(F)cccc2F)cc1-n1c2cc(-c3ccc(-c4ccccc4)nc3)ccc2c2ccc(-c3ccc(-c4ccccc4)nc3)cc21. The first-order valence-electron chi connectivity index (χ1n) is 29.7. The van der Waals surface area contributed by atoms with Crippen LogP contribution in [0.1, 0.15) is 5.56 Å². The highest BCUT2D eigenvalue weighted by molar-refractivity contribution is 6.13. The molecule has 422 valence electrons. The van der Waals surface area contributed by atoms with Gasteiger partial charge in [0.25, 0.3) is 0 Å². The lowest BCUT2D eigenvalue weighted by Gasteiger charge is -2.19. The van der Waals surface area contributed by atoms with Gasteiger partial charge < -0.3 is 9.13 Å². The molecule has 0 spiro atoms. The lowest BCUT2D eigenvalue weighted by Crippen LogP contribution is -2.06. The molecular formula is C81H49F2N7. The van der Waals surface area contributed by atoms with Crippen LogP contribution in [0.3, 0.4) is 0 Å². The van der Waals surface area contributed by atoms with Crippen molar-refractivity contribution in [1.82, 2.24) is 29.1 Å². The molecule has 0 unspecified atom stereocenters. The molecule has 6 aromatic heterocycles. The second-order valence-electron chi connectivity index (χ2n) is 22.4. The maximum absolute atomic E-state index is 16.8. The molecule has 0 bridgehead atoms. The number of pyridine rings is 4. The summed E-state index contributed by atoms with van der Waals surface area (Å²) in [6.45, 7) is 0. The van der Waals surface area contributed by atoms with Crippen LogP contribution in [0.4, 0.5) is 8.78 Å². The van der Waals surface area contributed by atoms with Gasteiger partial charge in [-0.25, -0.2) is 8.78 Å². The van der Waals surface area contributed by atoms with Crippen molar-refractivity contribution < 1.29 is 8.78 Å². The van der Waals surface area contributed by atoms with Gasteiger partial charge in [0.2, 0.25) is 0 Å². The molecule has 0 radical (unpaired) electrons. The van der Waals surface area contributed by atoms with Gasteiger partial charge in [-0.3, -0.25) is 19.9 Å². The van der Waals surface area contributed by atoms with E-state index in [0.29, 0.717) is 11.4 Å². The van der Waals surface area contributed by atoms with Crippen LogP contribution in [0.2, 0.25) is 0 Å². The predicted molar refractivity (Wildman–Crippen MR) is 360 cm³/mol. The van der Waals surface area contributed by atoms with E-state index in [1.807, 2.05) is 170 Å². The summed E-state index contributed by atoms with van der Waals surface area (Å²) in [5.41, 5.74) is 18.6. The van der Waals surface area contributed by atoms with Crippen LogP contribution in [0.15, 0.2) is 298 Å². The Morgan fingerprint density at radius 1 is 0.267 bits per heavy atom. The van der Waals surface area contributed by atoms with E-state index in [-0.39, 0.29) is 16.7 Å². The molecule has 6 heterocycles. The fourth-order valence-corrected chi connectivity index (χ4v) is 12.6. The van der Waals surface area contributed by atoms with Crippen LogP contribution >= 0.6 is 0 Å². The summed E-state index contributed by atoms with van der Waals surface area (Å²) in [6.07, 6.45) is 7.53. The first-order chi connectivity index (χ1) is 44.4. The number of halogens is 2. The Morgan fingerprint density at radius 2 is 0.544 bits per heavy atom. The standard InChI is InChI=1S/C81H49F2N7/c82-69-22-13-23-70(83)81(69)63-44-79(89-75-40-55(59-28-36-71(85-47-59)51-14-5-1-6-15-51)24-32-64(75)65-33-25-56(41-76(65)89)60-29-37-72(86-48-60)52-16-7-2-8-17-52)68(46-84)80(45-63)90-77-42-57(61-30-38-73(87-49-61)53-18-9-3-10-19-53)26-34-66(77)67-35-27-58(43-78(67)90)62-31-39-74(88-50-62)54-20-11-4-12-21-54/h1-45,47-50H.